The van der Waals surface area contributed by atoms with E-state index in [-0.39, 0.29) is 25.9 Å². The molecular formula is C25H25Cl4N3O7. The molecular weight excluding hydrogens is 596 g/mol. The average molecular weight is 621 g/mol. The first kappa shape index (κ1) is 30.8. The molecule has 0 radical (unpaired) electrons. The monoisotopic (exact) mass is 619 g/mol. The lowest BCUT2D eigenvalue weighted by Gasteiger charge is -2.42. The Bertz CT molecular complexity index is 1230. The largest absolute Gasteiger partial charge is 0.466 e. The molecule has 0 bridgehead atoms. The lowest BCUT2D eigenvalue weighted by molar-refractivity contribution is -0.742. The highest BCUT2D eigenvalue weighted by molar-refractivity contribution is 6.32. The molecule has 210 valence electrons. The molecule has 1 N–H and O–H groups in total. The molecule has 0 saturated carbocycles. The maximum Gasteiger partial charge on any atom is 0.291 e. The van der Waals surface area contributed by atoms with Crippen molar-refractivity contribution in [2.24, 2.45) is 5.92 Å². The summed E-state index contributed by atoms with van der Waals surface area (Å²) in [6.07, 6.45) is 9.90. The second-order valence-electron chi connectivity index (χ2n) is 8.22. The first-order valence-corrected chi connectivity index (χ1v) is 13.0. The van der Waals surface area contributed by atoms with Crippen LogP contribution in [0.5, 0.6) is 11.5 Å². The summed E-state index contributed by atoms with van der Waals surface area (Å²) >= 11 is 26.2. The van der Waals surface area contributed by atoms with Crippen molar-refractivity contribution < 1.29 is 29.2 Å². The molecule has 0 fully saturated rings. The number of para-hydroxylation sites is 2. The van der Waals surface area contributed by atoms with Crippen LogP contribution in [0.3, 0.4) is 0 Å². The minimum atomic E-state index is -1.50. The molecule has 39 heavy (non-hydrogen) atoms. The average Bonchev–Trinajstić information content (AvgIpc) is 3.39. The Kier molecular flexibility index (Phi) is 11.5. The Morgan fingerprint density at radius 2 is 1.59 bits per heavy atom. The highest BCUT2D eigenvalue weighted by Gasteiger charge is 2.48. The van der Waals surface area contributed by atoms with Crippen LogP contribution < -0.4 is 9.47 Å². The molecule has 1 aliphatic carbocycles. The Labute approximate surface area is 244 Å². The predicted molar refractivity (Wildman–Crippen MR) is 146 cm³/mol. The molecule has 0 saturated heterocycles. The van der Waals surface area contributed by atoms with E-state index in [0.29, 0.717) is 34.5 Å². The molecule has 1 aliphatic rings. The summed E-state index contributed by atoms with van der Waals surface area (Å²) in [6, 6.07) is 14.3. The van der Waals surface area contributed by atoms with E-state index < -0.39 is 15.2 Å². The molecule has 14 heteroatoms. The topological polar surface area (TPSA) is 118 Å². The van der Waals surface area contributed by atoms with E-state index in [1.54, 1.807) is 42.9 Å². The van der Waals surface area contributed by atoms with Gasteiger partial charge in [-0.25, -0.2) is 4.98 Å². The number of hydrogen-bond acceptors (Lipinski definition) is 7. The SMILES string of the molecule is Clc1ccccc1OCOC1(Cl)C=CC(CCn2ccnc2)C(Cl)(OCOc2ccccc2Cl)C1.O=[N+]([O-])O. The van der Waals surface area contributed by atoms with Crippen LogP contribution in [-0.4, -0.2) is 43.6 Å². The minimum Gasteiger partial charge on any atom is -0.466 e. The van der Waals surface area contributed by atoms with E-state index in [1.807, 2.05) is 41.1 Å². The maximum atomic E-state index is 8.36. The van der Waals surface area contributed by atoms with E-state index in [2.05, 4.69) is 4.98 Å². The fraction of sp³-hybridized carbons (Fsp3) is 0.320. The summed E-state index contributed by atoms with van der Waals surface area (Å²) in [5.74, 6) is 0.813. The molecule has 0 spiro atoms. The van der Waals surface area contributed by atoms with Crippen molar-refractivity contribution in [1.29, 1.82) is 0 Å². The van der Waals surface area contributed by atoms with Gasteiger partial charge in [-0.1, -0.05) is 76.7 Å². The molecule has 0 amide bonds. The fourth-order valence-corrected chi connectivity index (χ4v) is 4.89. The fourth-order valence-electron chi connectivity index (χ4n) is 3.70. The normalized spacial score (nSPS) is 22.0. The van der Waals surface area contributed by atoms with Crippen molar-refractivity contribution >= 4 is 46.4 Å². The van der Waals surface area contributed by atoms with Gasteiger partial charge in [0, 0.05) is 31.3 Å². The maximum absolute atomic E-state index is 8.36. The van der Waals surface area contributed by atoms with Crippen LogP contribution in [0.15, 0.2) is 79.4 Å². The summed E-state index contributed by atoms with van der Waals surface area (Å²) < 4.78 is 25.3. The van der Waals surface area contributed by atoms with Crippen molar-refractivity contribution in [3.63, 3.8) is 0 Å². The molecule has 2 aromatic carbocycles. The summed E-state index contributed by atoms with van der Waals surface area (Å²) in [7, 11) is 0. The lowest BCUT2D eigenvalue weighted by atomic mass is 9.87. The predicted octanol–water partition coefficient (Wildman–Crippen LogP) is 6.78. The zero-order valence-electron chi connectivity index (χ0n) is 20.4. The number of aryl methyl sites for hydroxylation is 1. The summed E-state index contributed by atoms with van der Waals surface area (Å²) in [5, 5.41) is 12.1. The van der Waals surface area contributed by atoms with E-state index in [4.69, 9.17) is 80.7 Å². The number of rotatable bonds is 11. The number of imidazole rings is 1. The van der Waals surface area contributed by atoms with Gasteiger partial charge < -0.3 is 28.7 Å². The van der Waals surface area contributed by atoms with Crippen LogP contribution in [-0.2, 0) is 16.0 Å². The van der Waals surface area contributed by atoms with Crippen molar-refractivity contribution in [2.75, 3.05) is 13.6 Å². The summed E-state index contributed by atoms with van der Waals surface area (Å²) in [4.78, 5) is 12.4. The standard InChI is InChI=1S/C25H24Cl4N2O4.HNO3/c26-20-5-1-3-7-22(20)32-17-34-24(28)11-9-19(10-13-31-14-12-30-16-31)25(29,15-24)35-18-33-23-8-4-2-6-21(23)27;2-1(3)4/h1-9,11-12,14,16,19H,10,13,15,17-18H2;(H,2,3,4). The van der Waals surface area contributed by atoms with Gasteiger partial charge in [0.1, 0.15) is 11.5 Å². The lowest BCUT2D eigenvalue weighted by Crippen LogP contribution is -2.46. The van der Waals surface area contributed by atoms with Crippen LogP contribution in [0.2, 0.25) is 10.0 Å². The Hall–Kier alpha value is -2.73. The number of hydrogen-bond donors (Lipinski definition) is 1. The molecule has 1 aromatic heterocycles. The molecule has 4 rings (SSSR count). The van der Waals surface area contributed by atoms with Gasteiger partial charge in [-0.15, -0.1) is 10.1 Å². The van der Waals surface area contributed by atoms with Crippen LogP contribution in [0.25, 0.3) is 0 Å². The molecule has 3 atom stereocenters. The smallest absolute Gasteiger partial charge is 0.291 e. The van der Waals surface area contributed by atoms with Crippen molar-refractivity contribution in [3.05, 3.63) is 99.6 Å². The number of benzene rings is 2. The zero-order chi connectivity index (χ0) is 28.3. The summed E-state index contributed by atoms with van der Waals surface area (Å²) in [5.41, 5.74) is 0. The minimum absolute atomic E-state index is 0.119. The van der Waals surface area contributed by atoms with E-state index >= 15 is 0 Å². The molecule has 0 aliphatic heterocycles. The van der Waals surface area contributed by atoms with E-state index in [1.165, 1.54) is 0 Å². The molecule has 1 heterocycles. The van der Waals surface area contributed by atoms with Gasteiger partial charge in [0.25, 0.3) is 5.09 Å². The Morgan fingerprint density at radius 3 is 2.13 bits per heavy atom. The molecule has 3 aromatic rings. The van der Waals surface area contributed by atoms with Crippen LogP contribution in [0, 0.1) is 16.0 Å². The zero-order valence-corrected chi connectivity index (χ0v) is 23.4. The molecule has 3 unspecified atom stereocenters. The van der Waals surface area contributed by atoms with Crippen LogP contribution in [0.4, 0.5) is 0 Å². The number of alkyl halides is 2. The second kappa shape index (κ2) is 14.6. The van der Waals surface area contributed by atoms with Gasteiger partial charge in [-0.3, -0.25) is 0 Å². The van der Waals surface area contributed by atoms with Gasteiger partial charge >= 0.3 is 0 Å². The van der Waals surface area contributed by atoms with Crippen molar-refractivity contribution in [3.8, 4) is 11.5 Å². The Balaban J connectivity index is 0.000000983. The Morgan fingerprint density at radius 1 is 1.03 bits per heavy atom. The van der Waals surface area contributed by atoms with Gasteiger partial charge in [-0.2, -0.15) is 0 Å². The quantitative estimate of drug-likeness (QED) is 0.0819. The molecule has 10 nitrogen and oxygen atoms in total. The third-order valence-corrected chi connectivity index (χ3v) is 7.09. The van der Waals surface area contributed by atoms with Gasteiger partial charge in [-0.05, 0) is 36.8 Å². The van der Waals surface area contributed by atoms with Crippen molar-refractivity contribution in [1.82, 2.24) is 9.55 Å². The van der Waals surface area contributed by atoms with Crippen LogP contribution >= 0.6 is 46.4 Å². The third kappa shape index (κ3) is 9.75. The summed E-state index contributed by atoms with van der Waals surface area (Å²) in [6.45, 7) is 0.454. The highest BCUT2D eigenvalue weighted by Crippen LogP contribution is 2.46. The van der Waals surface area contributed by atoms with Crippen LogP contribution in [0.1, 0.15) is 12.8 Å². The highest BCUT2D eigenvalue weighted by atomic mass is 35.5. The first-order valence-electron chi connectivity index (χ1n) is 11.5. The number of nitrogens with zero attached hydrogens (tertiary/aromatic N) is 3. The number of ether oxygens (including phenoxy) is 4. The van der Waals surface area contributed by atoms with Crippen molar-refractivity contribution in [2.45, 2.75) is 29.5 Å². The number of aromatic nitrogens is 2. The van der Waals surface area contributed by atoms with Gasteiger partial charge in [0.2, 0.25) is 0 Å². The van der Waals surface area contributed by atoms with Gasteiger partial charge in [0.05, 0.1) is 16.4 Å². The van der Waals surface area contributed by atoms with E-state index in [9.17, 15) is 0 Å². The second-order valence-corrected chi connectivity index (χ2v) is 10.3. The van der Waals surface area contributed by atoms with Gasteiger partial charge in [0.15, 0.2) is 23.7 Å². The third-order valence-electron chi connectivity index (χ3n) is 5.57. The first-order chi connectivity index (χ1) is 18.6. The number of halogens is 4. The van der Waals surface area contributed by atoms with E-state index in [0.717, 1.165) is 0 Å².